The predicted octanol–water partition coefficient (Wildman–Crippen LogP) is 2.33. The molecule has 2 aromatic carbocycles. The molecule has 2 aromatic rings. The number of carbonyl (C=O) groups is 3. The average Bonchev–Trinajstić information content (AvgIpc) is 2.89. The summed E-state index contributed by atoms with van der Waals surface area (Å²) >= 11 is 0. The van der Waals surface area contributed by atoms with Crippen LogP contribution in [-0.2, 0) is 25.5 Å². The smallest absolute Gasteiger partial charge is 0.323 e. The lowest BCUT2D eigenvalue weighted by molar-refractivity contribution is -0.146. The van der Waals surface area contributed by atoms with Crippen molar-refractivity contribution in [2.75, 3.05) is 24.7 Å². The summed E-state index contributed by atoms with van der Waals surface area (Å²) in [6.07, 6.45) is 1.02. The van der Waals surface area contributed by atoms with E-state index in [0.29, 0.717) is 24.3 Å². The van der Waals surface area contributed by atoms with E-state index < -0.39 is 36.5 Å². The molecule has 1 unspecified atom stereocenters. The van der Waals surface area contributed by atoms with Crippen LogP contribution in [0.5, 0.6) is 5.75 Å². The van der Waals surface area contributed by atoms with Crippen molar-refractivity contribution >= 4 is 23.5 Å². The van der Waals surface area contributed by atoms with Gasteiger partial charge in [0.15, 0.2) is 0 Å². The Kier molecular flexibility index (Phi) is 7.83. The number of carboxylic acid groups (broad SMARTS) is 1. The topological polar surface area (TPSA) is 105 Å². The summed E-state index contributed by atoms with van der Waals surface area (Å²) in [6, 6.07) is 13.3. The summed E-state index contributed by atoms with van der Waals surface area (Å²) in [4.78, 5) is 38.6. The van der Waals surface area contributed by atoms with Crippen molar-refractivity contribution in [3.63, 3.8) is 0 Å². The number of benzene rings is 2. The van der Waals surface area contributed by atoms with Crippen molar-refractivity contribution in [1.82, 2.24) is 5.32 Å². The Bertz CT molecular complexity index is 962. The minimum Gasteiger partial charge on any atom is -0.489 e. The van der Waals surface area contributed by atoms with E-state index in [2.05, 4.69) is 5.32 Å². The highest BCUT2D eigenvalue weighted by Crippen LogP contribution is 2.32. The van der Waals surface area contributed by atoms with Crippen LogP contribution in [0, 0.1) is 6.92 Å². The standard InChI is InChI=1S/C24H28N2O6/c1-3-31-24(30)18(11-10-17-7-5-4-6-8-17)25-19-15-32-21-12-9-16(2)13-20(21)26(23(19)29)14-22(27)28/h4-9,12-13,18-19,25H,3,10-11,14-15H2,1-2H3,(H,27,28)/t18-,19?/m0/s1. The van der Waals surface area contributed by atoms with E-state index >= 15 is 0 Å². The fourth-order valence-electron chi connectivity index (χ4n) is 3.64. The number of aryl methyl sites for hydroxylation is 2. The van der Waals surface area contributed by atoms with Crippen LogP contribution < -0.4 is 15.0 Å². The highest BCUT2D eigenvalue weighted by atomic mass is 16.5. The quantitative estimate of drug-likeness (QED) is 0.577. The number of carboxylic acids is 1. The van der Waals surface area contributed by atoms with E-state index in [9.17, 15) is 19.5 Å². The molecular weight excluding hydrogens is 412 g/mol. The number of esters is 1. The number of fused-ring (bicyclic) bond motifs is 1. The predicted molar refractivity (Wildman–Crippen MR) is 119 cm³/mol. The number of hydrogen-bond donors (Lipinski definition) is 2. The minimum atomic E-state index is -1.14. The van der Waals surface area contributed by atoms with Gasteiger partial charge in [-0.2, -0.15) is 0 Å². The van der Waals surface area contributed by atoms with Crippen LogP contribution in [0.3, 0.4) is 0 Å². The molecule has 1 heterocycles. The number of nitrogens with one attached hydrogen (secondary N) is 1. The first kappa shape index (κ1) is 23.3. The molecule has 8 nitrogen and oxygen atoms in total. The van der Waals surface area contributed by atoms with Gasteiger partial charge >= 0.3 is 11.9 Å². The fraction of sp³-hybridized carbons (Fsp3) is 0.375. The van der Waals surface area contributed by atoms with Crippen molar-refractivity contribution in [3.05, 3.63) is 59.7 Å². The molecule has 0 fully saturated rings. The van der Waals surface area contributed by atoms with E-state index in [0.717, 1.165) is 11.1 Å². The Hall–Kier alpha value is -3.39. The Labute approximate surface area is 187 Å². The summed E-state index contributed by atoms with van der Waals surface area (Å²) in [5.74, 6) is -1.65. The zero-order chi connectivity index (χ0) is 23.1. The molecule has 2 N–H and O–H groups in total. The molecule has 3 rings (SSSR count). The van der Waals surface area contributed by atoms with Gasteiger partial charge in [-0.1, -0.05) is 36.4 Å². The van der Waals surface area contributed by atoms with Gasteiger partial charge in [-0.3, -0.25) is 24.6 Å². The molecule has 8 heteroatoms. The second kappa shape index (κ2) is 10.8. The van der Waals surface area contributed by atoms with Crippen LogP contribution in [0.4, 0.5) is 5.69 Å². The molecular formula is C24H28N2O6. The maximum atomic E-state index is 13.3. The van der Waals surface area contributed by atoms with E-state index in [1.807, 2.05) is 43.3 Å². The third-order valence-corrected chi connectivity index (χ3v) is 5.21. The van der Waals surface area contributed by atoms with Crippen molar-refractivity contribution < 1.29 is 29.0 Å². The van der Waals surface area contributed by atoms with Gasteiger partial charge in [-0.05, 0) is 49.9 Å². The van der Waals surface area contributed by atoms with E-state index in [1.165, 1.54) is 4.90 Å². The average molecular weight is 440 g/mol. The number of ether oxygens (including phenoxy) is 2. The molecule has 1 aliphatic heterocycles. The zero-order valence-electron chi connectivity index (χ0n) is 18.2. The van der Waals surface area contributed by atoms with Gasteiger partial charge in [0.2, 0.25) is 5.91 Å². The normalized spacial score (nSPS) is 16.5. The number of aliphatic carboxylic acids is 1. The van der Waals surface area contributed by atoms with Gasteiger partial charge in [-0.15, -0.1) is 0 Å². The fourth-order valence-corrected chi connectivity index (χ4v) is 3.64. The monoisotopic (exact) mass is 440 g/mol. The lowest BCUT2D eigenvalue weighted by Crippen LogP contribution is -2.55. The van der Waals surface area contributed by atoms with E-state index in [1.54, 1.807) is 19.1 Å². The molecule has 2 atom stereocenters. The Morgan fingerprint density at radius 2 is 2.00 bits per heavy atom. The van der Waals surface area contributed by atoms with Crippen molar-refractivity contribution in [3.8, 4) is 5.75 Å². The van der Waals surface area contributed by atoms with Crippen LogP contribution in [0.1, 0.15) is 24.5 Å². The third kappa shape index (κ3) is 5.85. The van der Waals surface area contributed by atoms with Gasteiger partial charge in [-0.25, -0.2) is 0 Å². The van der Waals surface area contributed by atoms with Gasteiger partial charge in [0.05, 0.1) is 12.3 Å². The van der Waals surface area contributed by atoms with E-state index in [-0.39, 0.29) is 13.2 Å². The van der Waals surface area contributed by atoms with E-state index in [4.69, 9.17) is 9.47 Å². The highest BCUT2D eigenvalue weighted by molar-refractivity contribution is 6.02. The molecule has 0 spiro atoms. The second-order valence-corrected chi connectivity index (χ2v) is 7.65. The number of carbonyl (C=O) groups excluding carboxylic acids is 2. The van der Waals surface area contributed by atoms with Crippen molar-refractivity contribution in [2.45, 2.75) is 38.8 Å². The van der Waals surface area contributed by atoms with Gasteiger partial charge in [0.1, 0.15) is 31.0 Å². The van der Waals surface area contributed by atoms with Crippen LogP contribution in [-0.4, -0.2) is 54.8 Å². The minimum absolute atomic E-state index is 0.0355. The molecule has 0 aliphatic carbocycles. The zero-order valence-corrected chi connectivity index (χ0v) is 18.2. The van der Waals surface area contributed by atoms with Crippen LogP contribution in [0.15, 0.2) is 48.5 Å². The summed E-state index contributed by atoms with van der Waals surface area (Å²) < 4.78 is 11.0. The molecule has 170 valence electrons. The van der Waals surface area contributed by atoms with Gasteiger partial charge in [0.25, 0.3) is 0 Å². The first-order chi connectivity index (χ1) is 15.4. The van der Waals surface area contributed by atoms with Crippen molar-refractivity contribution in [2.24, 2.45) is 0 Å². The summed E-state index contributed by atoms with van der Waals surface area (Å²) in [7, 11) is 0. The number of hydrogen-bond acceptors (Lipinski definition) is 6. The summed E-state index contributed by atoms with van der Waals surface area (Å²) in [5, 5.41) is 12.4. The van der Waals surface area contributed by atoms with Crippen molar-refractivity contribution in [1.29, 1.82) is 0 Å². The molecule has 0 bridgehead atoms. The number of nitrogens with zero attached hydrogens (tertiary/aromatic N) is 1. The van der Waals surface area contributed by atoms with Crippen LogP contribution >= 0.6 is 0 Å². The summed E-state index contributed by atoms with van der Waals surface area (Å²) in [6.45, 7) is 3.24. The van der Waals surface area contributed by atoms with Gasteiger partial charge < -0.3 is 14.6 Å². The van der Waals surface area contributed by atoms with Gasteiger partial charge in [0, 0.05) is 0 Å². The largest absolute Gasteiger partial charge is 0.489 e. The highest BCUT2D eigenvalue weighted by Gasteiger charge is 2.35. The molecule has 0 radical (unpaired) electrons. The van der Waals surface area contributed by atoms with Crippen LogP contribution in [0.2, 0.25) is 0 Å². The Morgan fingerprint density at radius 3 is 2.69 bits per heavy atom. The number of amides is 1. The van der Waals surface area contributed by atoms with Crippen LogP contribution in [0.25, 0.3) is 0 Å². The summed E-state index contributed by atoms with van der Waals surface area (Å²) in [5.41, 5.74) is 2.33. The molecule has 0 aromatic heterocycles. The molecule has 0 saturated heterocycles. The first-order valence-corrected chi connectivity index (χ1v) is 10.6. The maximum Gasteiger partial charge on any atom is 0.323 e. The molecule has 1 aliphatic rings. The molecule has 1 amide bonds. The Morgan fingerprint density at radius 1 is 1.25 bits per heavy atom. The number of anilines is 1. The molecule has 32 heavy (non-hydrogen) atoms. The SMILES string of the molecule is CCOC(=O)[C@H](CCc1ccccc1)NC1COc2ccc(C)cc2N(CC(=O)O)C1=O. The first-order valence-electron chi connectivity index (χ1n) is 10.6. The lowest BCUT2D eigenvalue weighted by atomic mass is 10.0. The Balaban J connectivity index is 1.82. The second-order valence-electron chi connectivity index (χ2n) is 7.65. The molecule has 0 saturated carbocycles. The third-order valence-electron chi connectivity index (χ3n) is 5.21. The lowest BCUT2D eigenvalue weighted by Gasteiger charge is -2.26. The number of rotatable bonds is 9. The maximum absolute atomic E-state index is 13.3.